The van der Waals surface area contributed by atoms with E-state index in [0.29, 0.717) is 11.6 Å². The third-order valence-electron chi connectivity index (χ3n) is 5.58. The van der Waals surface area contributed by atoms with Crippen LogP contribution in [-0.2, 0) is 0 Å². The summed E-state index contributed by atoms with van der Waals surface area (Å²) in [6.07, 6.45) is 11.0. The predicted octanol–water partition coefficient (Wildman–Crippen LogP) is 4.16. The number of hydrogen-bond donors (Lipinski definition) is 0. The first-order chi connectivity index (χ1) is 13.2. The number of nitrogens with zero attached hydrogens (tertiary/aromatic N) is 5. The van der Waals surface area contributed by atoms with Gasteiger partial charge in [-0.3, -0.25) is 9.78 Å². The highest BCUT2D eigenvalue weighted by Gasteiger charge is 2.24. The number of carbonyl (C=O) groups is 1. The number of aromatic nitrogens is 4. The number of pyridine rings is 2. The van der Waals surface area contributed by atoms with Gasteiger partial charge in [0.25, 0.3) is 5.91 Å². The summed E-state index contributed by atoms with van der Waals surface area (Å²) in [5, 5.41) is 0. The molecule has 3 aromatic rings. The number of carbonyl (C=O) groups excluding carboxylic acids is 1. The highest BCUT2D eigenvalue weighted by atomic mass is 16.2. The van der Waals surface area contributed by atoms with E-state index in [1.807, 2.05) is 37.6 Å². The number of imidazole rings is 1. The van der Waals surface area contributed by atoms with Crippen molar-refractivity contribution in [2.24, 2.45) is 0 Å². The summed E-state index contributed by atoms with van der Waals surface area (Å²) in [7, 11) is 1.83. The van der Waals surface area contributed by atoms with E-state index >= 15 is 0 Å². The first kappa shape index (κ1) is 17.6. The van der Waals surface area contributed by atoms with Crippen LogP contribution in [0.4, 0.5) is 0 Å². The summed E-state index contributed by atoms with van der Waals surface area (Å²) in [4.78, 5) is 28.3. The van der Waals surface area contributed by atoms with Crippen molar-refractivity contribution in [1.82, 2.24) is 24.4 Å². The molecule has 0 saturated heterocycles. The lowest BCUT2D eigenvalue weighted by molar-refractivity contribution is 0.0722. The van der Waals surface area contributed by atoms with Crippen molar-refractivity contribution >= 4 is 17.1 Å². The maximum atomic E-state index is 13.0. The van der Waals surface area contributed by atoms with Gasteiger partial charge in [-0.2, -0.15) is 0 Å². The molecule has 3 aromatic heterocycles. The van der Waals surface area contributed by atoms with Crippen LogP contribution < -0.4 is 0 Å². The molecule has 0 radical (unpaired) electrons. The molecule has 1 amide bonds. The van der Waals surface area contributed by atoms with Crippen LogP contribution in [0, 0.1) is 0 Å². The fraction of sp³-hybridized carbons (Fsp3) is 0.429. The van der Waals surface area contributed by atoms with E-state index in [-0.39, 0.29) is 11.9 Å². The average molecular weight is 363 g/mol. The molecule has 6 nitrogen and oxygen atoms in total. The van der Waals surface area contributed by atoms with Crippen molar-refractivity contribution in [2.75, 3.05) is 7.05 Å². The zero-order valence-corrected chi connectivity index (χ0v) is 15.9. The van der Waals surface area contributed by atoms with Crippen molar-refractivity contribution < 1.29 is 4.79 Å². The maximum Gasteiger partial charge on any atom is 0.255 e. The van der Waals surface area contributed by atoms with E-state index in [1.165, 1.54) is 25.7 Å². The highest BCUT2D eigenvalue weighted by molar-refractivity contribution is 5.96. The summed E-state index contributed by atoms with van der Waals surface area (Å²) in [6, 6.07) is 8.08. The Morgan fingerprint density at radius 1 is 1.26 bits per heavy atom. The molecule has 0 N–H and O–H groups in total. The SMILES string of the molecule is CCC(c1ccccn1)N(C)C(=O)c1cnc2c(c1)ncn2C1CCCC1. The second-order valence-corrected chi connectivity index (χ2v) is 7.25. The minimum atomic E-state index is -0.0644. The van der Waals surface area contributed by atoms with Gasteiger partial charge in [-0.15, -0.1) is 0 Å². The van der Waals surface area contributed by atoms with Gasteiger partial charge in [0.05, 0.1) is 23.6 Å². The van der Waals surface area contributed by atoms with E-state index in [9.17, 15) is 4.79 Å². The van der Waals surface area contributed by atoms with Gasteiger partial charge in [0, 0.05) is 25.5 Å². The third kappa shape index (κ3) is 3.31. The molecule has 1 fully saturated rings. The Labute approximate surface area is 159 Å². The van der Waals surface area contributed by atoms with Crippen LogP contribution in [-0.4, -0.2) is 37.4 Å². The summed E-state index contributed by atoms with van der Waals surface area (Å²) >= 11 is 0. The molecular formula is C21H25N5O. The molecule has 4 rings (SSSR count). The predicted molar refractivity (Wildman–Crippen MR) is 104 cm³/mol. The monoisotopic (exact) mass is 363 g/mol. The van der Waals surface area contributed by atoms with Gasteiger partial charge in [0.1, 0.15) is 5.52 Å². The summed E-state index contributed by atoms with van der Waals surface area (Å²) in [5.74, 6) is -0.0580. The topological polar surface area (TPSA) is 63.9 Å². The molecule has 1 aliphatic rings. The van der Waals surface area contributed by atoms with Crippen LogP contribution in [0.5, 0.6) is 0 Å². The van der Waals surface area contributed by atoms with Gasteiger partial charge in [0.2, 0.25) is 0 Å². The fourth-order valence-electron chi connectivity index (χ4n) is 4.09. The first-order valence-corrected chi connectivity index (χ1v) is 9.69. The molecular weight excluding hydrogens is 338 g/mol. The molecule has 1 saturated carbocycles. The van der Waals surface area contributed by atoms with E-state index < -0.39 is 0 Å². The second-order valence-electron chi connectivity index (χ2n) is 7.25. The highest BCUT2D eigenvalue weighted by Crippen LogP contribution is 2.31. The molecule has 1 unspecified atom stereocenters. The van der Waals surface area contributed by atoms with E-state index in [4.69, 9.17) is 0 Å². The Balaban J connectivity index is 1.60. The quantitative estimate of drug-likeness (QED) is 0.683. The fourth-order valence-corrected chi connectivity index (χ4v) is 4.09. The average Bonchev–Trinajstić information content (AvgIpc) is 3.37. The lowest BCUT2D eigenvalue weighted by Crippen LogP contribution is -2.31. The summed E-state index contributed by atoms with van der Waals surface area (Å²) in [6.45, 7) is 2.06. The minimum absolute atomic E-state index is 0.0580. The Morgan fingerprint density at radius 2 is 2.07 bits per heavy atom. The van der Waals surface area contributed by atoms with Gasteiger partial charge >= 0.3 is 0 Å². The van der Waals surface area contributed by atoms with Crippen molar-refractivity contribution in [3.05, 3.63) is 54.2 Å². The largest absolute Gasteiger partial charge is 0.333 e. The minimum Gasteiger partial charge on any atom is -0.333 e. The first-order valence-electron chi connectivity index (χ1n) is 9.69. The Bertz CT molecular complexity index is 930. The van der Waals surface area contributed by atoms with E-state index in [0.717, 1.165) is 23.3 Å². The Hall–Kier alpha value is -2.76. The van der Waals surface area contributed by atoms with Crippen LogP contribution in [0.2, 0.25) is 0 Å². The van der Waals surface area contributed by atoms with Gasteiger partial charge in [-0.25, -0.2) is 9.97 Å². The summed E-state index contributed by atoms with van der Waals surface area (Å²) < 4.78 is 2.17. The molecule has 6 heteroatoms. The maximum absolute atomic E-state index is 13.0. The standard InChI is InChI=1S/C21H25N5O/c1-3-19(17-10-6-7-11-22-17)25(2)21(27)15-12-18-20(23-13-15)26(14-24-18)16-8-4-5-9-16/h6-7,10-14,16,19H,3-5,8-9H2,1-2H3. The molecule has 0 aliphatic heterocycles. The summed E-state index contributed by atoms with van der Waals surface area (Å²) in [5.41, 5.74) is 3.12. The zero-order chi connectivity index (χ0) is 18.8. The van der Waals surface area contributed by atoms with E-state index in [1.54, 1.807) is 17.3 Å². The Kier molecular flexibility index (Phi) is 4.88. The van der Waals surface area contributed by atoms with Crippen molar-refractivity contribution in [3.63, 3.8) is 0 Å². The van der Waals surface area contributed by atoms with Crippen LogP contribution >= 0.6 is 0 Å². The third-order valence-corrected chi connectivity index (χ3v) is 5.58. The van der Waals surface area contributed by atoms with Crippen LogP contribution in [0.3, 0.4) is 0 Å². The van der Waals surface area contributed by atoms with E-state index in [2.05, 4.69) is 26.4 Å². The lowest BCUT2D eigenvalue weighted by Gasteiger charge is -2.26. The van der Waals surface area contributed by atoms with Crippen LogP contribution in [0.15, 0.2) is 43.0 Å². The Morgan fingerprint density at radius 3 is 2.78 bits per heavy atom. The molecule has 0 bridgehead atoms. The molecule has 0 spiro atoms. The number of fused-ring (bicyclic) bond motifs is 1. The van der Waals surface area contributed by atoms with Crippen molar-refractivity contribution in [1.29, 1.82) is 0 Å². The van der Waals surface area contributed by atoms with Crippen LogP contribution in [0.1, 0.15) is 67.2 Å². The van der Waals surface area contributed by atoms with Crippen molar-refractivity contribution in [3.8, 4) is 0 Å². The molecule has 0 aromatic carbocycles. The van der Waals surface area contributed by atoms with Gasteiger partial charge < -0.3 is 9.47 Å². The van der Waals surface area contributed by atoms with Gasteiger partial charge in [-0.1, -0.05) is 25.8 Å². The van der Waals surface area contributed by atoms with Gasteiger partial charge in [0.15, 0.2) is 5.65 Å². The molecule has 1 aliphatic carbocycles. The van der Waals surface area contributed by atoms with Crippen molar-refractivity contribution in [2.45, 2.75) is 51.1 Å². The normalized spacial score (nSPS) is 15.9. The second kappa shape index (κ2) is 7.47. The zero-order valence-electron chi connectivity index (χ0n) is 15.9. The molecule has 140 valence electrons. The lowest BCUT2D eigenvalue weighted by atomic mass is 10.1. The molecule has 1 atom stereocenters. The van der Waals surface area contributed by atoms with Crippen LogP contribution in [0.25, 0.3) is 11.2 Å². The molecule has 27 heavy (non-hydrogen) atoms. The number of amides is 1. The smallest absolute Gasteiger partial charge is 0.255 e. The molecule has 3 heterocycles. The number of hydrogen-bond acceptors (Lipinski definition) is 4. The number of rotatable bonds is 5. The van der Waals surface area contributed by atoms with Gasteiger partial charge in [-0.05, 0) is 37.5 Å².